The van der Waals surface area contributed by atoms with Crippen molar-refractivity contribution in [1.82, 2.24) is 0 Å². The van der Waals surface area contributed by atoms with Gasteiger partial charge in [-0.3, -0.25) is 4.79 Å². The van der Waals surface area contributed by atoms with Gasteiger partial charge >= 0.3 is 5.97 Å². The van der Waals surface area contributed by atoms with Crippen molar-refractivity contribution in [3.63, 3.8) is 0 Å². The van der Waals surface area contributed by atoms with E-state index >= 15 is 0 Å². The molecular weight excluding hydrogens is 228 g/mol. The fourth-order valence-corrected chi connectivity index (χ4v) is 4.16. The van der Waals surface area contributed by atoms with Crippen molar-refractivity contribution in [2.45, 2.75) is 65.6 Å². The summed E-state index contributed by atoms with van der Waals surface area (Å²) in [5, 5.41) is 10.2. The van der Waals surface area contributed by atoms with Crippen molar-refractivity contribution in [2.75, 3.05) is 0 Å². The van der Waals surface area contributed by atoms with Crippen molar-refractivity contribution in [2.24, 2.45) is 23.2 Å². The Morgan fingerprint density at radius 3 is 2.61 bits per heavy atom. The molecule has 0 saturated heterocycles. The Balaban J connectivity index is 2.13. The van der Waals surface area contributed by atoms with Crippen molar-refractivity contribution >= 4 is 5.97 Å². The Bertz CT molecular complexity index is 328. The molecule has 2 fully saturated rings. The van der Waals surface area contributed by atoms with E-state index in [0.29, 0.717) is 11.8 Å². The quantitative estimate of drug-likeness (QED) is 0.732. The van der Waals surface area contributed by atoms with Crippen LogP contribution in [0.4, 0.5) is 0 Å². The summed E-state index contributed by atoms with van der Waals surface area (Å²) < 4.78 is 5.27. The second kappa shape index (κ2) is 4.84. The Hall–Kier alpha value is -0.570. The fraction of sp³-hybridized carbons (Fsp3) is 0.933. The van der Waals surface area contributed by atoms with Crippen LogP contribution in [0.25, 0.3) is 0 Å². The molecule has 0 radical (unpaired) electrons. The van der Waals surface area contributed by atoms with Crippen LogP contribution in [0.5, 0.6) is 0 Å². The van der Waals surface area contributed by atoms with Crippen LogP contribution < -0.4 is 0 Å². The SMILES string of the molecule is CC(=O)OC1CC2CCC(C)C(C)C2(C)CC1O. The fourth-order valence-electron chi connectivity index (χ4n) is 4.16. The summed E-state index contributed by atoms with van der Waals surface area (Å²) in [6, 6.07) is 0. The van der Waals surface area contributed by atoms with Crippen LogP contribution in [-0.2, 0) is 9.53 Å². The number of rotatable bonds is 1. The van der Waals surface area contributed by atoms with E-state index in [0.717, 1.165) is 18.8 Å². The molecule has 104 valence electrons. The normalized spacial score (nSPS) is 48.4. The number of ether oxygens (including phenoxy) is 1. The van der Waals surface area contributed by atoms with Gasteiger partial charge in [-0.05, 0) is 42.4 Å². The van der Waals surface area contributed by atoms with Gasteiger partial charge in [0.2, 0.25) is 0 Å². The lowest BCUT2D eigenvalue weighted by Gasteiger charge is -2.54. The van der Waals surface area contributed by atoms with Gasteiger partial charge in [0.15, 0.2) is 0 Å². The number of fused-ring (bicyclic) bond motifs is 1. The molecule has 2 aliphatic rings. The molecule has 6 atom stereocenters. The van der Waals surface area contributed by atoms with Gasteiger partial charge < -0.3 is 9.84 Å². The van der Waals surface area contributed by atoms with E-state index in [1.807, 2.05) is 0 Å². The van der Waals surface area contributed by atoms with Crippen LogP contribution in [0.3, 0.4) is 0 Å². The molecule has 0 amide bonds. The van der Waals surface area contributed by atoms with Gasteiger partial charge in [-0.15, -0.1) is 0 Å². The van der Waals surface area contributed by atoms with Gasteiger partial charge in [0.25, 0.3) is 0 Å². The molecule has 2 aliphatic carbocycles. The van der Waals surface area contributed by atoms with E-state index in [1.165, 1.54) is 19.8 Å². The third-order valence-electron chi connectivity index (χ3n) is 5.71. The topological polar surface area (TPSA) is 46.5 Å². The summed E-state index contributed by atoms with van der Waals surface area (Å²) >= 11 is 0. The van der Waals surface area contributed by atoms with Crippen LogP contribution in [0.1, 0.15) is 53.4 Å². The first kappa shape index (κ1) is 13.9. The number of hydrogen-bond acceptors (Lipinski definition) is 3. The number of carbonyl (C=O) groups excluding carboxylic acids is 1. The van der Waals surface area contributed by atoms with Gasteiger partial charge in [-0.25, -0.2) is 0 Å². The molecule has 0 heterocycles. The molecule has 0 bridgehead atoms. The lowest BCUT2D eigenvalue weighted by atomic mass is 9.52. The van der Waals surface area contributed by atoms with Gasteiger partial charge in [0.1, 0.15) is 6.10 Å². The van der Waals surface area contributed by atoms with E-state index in [4.69, 9.17) is 4.74 Å². The second-order valence-electron chi connectivity index (χ2n) is 6.70. The molecule has 2 saturated carbocycles. The molecule has 3 heteroatoms. The third-order valence-corrected chi connectivity index (χ3v) is 5.71. The van der Waals surface area contributed by atoms with Crippen molar-refractivity contribution in [3.05, 3.63) is 0 Å². The largest absolute Gasteiger partial charge is 0.460 e. The van der Waals surface area contributed by atoms with E-state index < -0.39 is 6.10 Å². The highest BCUT2D eigenvalue weighted by molar-refractivity contribution is 5.66. The lowest BCUT2D eigenvalue weighted by molar-refractivity contribution is -0.170. The zero-order valence-electron chi connectivity index (χ0n) is 12.0. The lowest BCUT2D eigenvalue weighted by Crippen LogP contribution is -2.52. The highest BCUT2D eigenvalue weighted by Gasteiger charge is 2.51. The zero-order chi connectivity index (χ0) is 13.5. The first-order valence-corrected chi connectivity index (χ1v) is 7.20. The number of aliphatic hydroxyl groups excluding tert-OH is 1. The van der Waals surface area contributed by atoms with Crippen LogP contribution in [0.15, 0.2) is 0 Å². The van der Waals surface area contributed by atoms with Gasteiger partial charge in [0.05, 0.1) is 6.10 Å². The van der Waals surface area contributed by atoms with Crippen molar-refractivity contribution in [1.29, 1.82) is 0 Å². The molecule has 3 nitrogen and oxygen atoms in total. The van der Waals surface area contributed by atoms with Gasteiger partial charge in [0, 0.05) is 6.92 Å². The molecule has 18 heavy (non-hydrogen) atoms. The molecule has 0 aromatic rings. The molecule has 0 aromatic carbocycles. The Morgan fingerprint density at radius 2 is 2.00 bits per heavy atom. The highest BCUT2D eigenvalue weighted by Crippen LogP contribution is 2.55. The second-order valence-corrected chi connectivity index (χ2v) is 6.70. The van der Waals surface area contributed by atoms with E-state index in [-0.39, 0.29) is 17.5 Å². The molecule has 0 aromatic heterocycles. The molecular formula is C15H26O3. The predicted octanol–water partition coefficient (Wildman–Crippen LogP) is 2.76. The van der Waals surface area contributed by atoms with Gasteiger partial charge in [-0.1, -0.05) is 27.2 Å². The molecule has 2 rings (SSSR count). The summed E-state index contributed by atoms with van der Waals surface area (Å²) in [5.41, 5.74) is 0.202. The molecule has 0 spiro atoms. The molecule has 1 N–H and O–H groups in total. The van der Waals surface area contributed by atoms with Crippen LogP contribution in [0.2, 0.25) is 0 Å². The average Bonchev–Trinajstić information content (AvgIpc) is 2.27. The van der Waals surface area contributed by atoms with Crippen LogP contribution in [-0.4, -0.2) is 23.3 Å². The summed E-state index contributed by atoms with van der Waals surface area (Å²) in [7, 11) is 0. The number of esters is 1. The zero-order valence-corrected chi connectivity index (χ0v) is 12.0. The van der Waals surface area contributed by atoms with Gasteiger partial charge in [-0.2, -0.15) is 0 Å². The average molecular weight is 254 g/mol. The summed E-state index contributed by atoms with van der Waals surface area (Å²) in [4.78, 5) is 11.1. The minimum absolute atomic E-state index is 0.202. The monoisotopic (exact) mass is 254 g/mol. The first-order valence-electron chi connectivity index (χ1n) is 7.20. The van der Waals surface area contributed by atoms with Crippen molar-refractivity contribution < 1.29 is 14.6 Å². The minimum Gasteiger partial charge on any atom is -0.460 e. The summed E-state index contributed by atoms with van der Waals surface area (Å²) in [6.45, 7) is 8.36. The highest BCUT2D eigenvalue weighted by atomic mass is 16.6. The first-order chi connectivity index (χ1) is 8.34. The number of carbonyl (C=O) groups is 1. The molecule has 6 unspecified atom stereocenters. The van der Waals surface area contributed by atoms with Crippen LogP contribution in [0, 0.1) is 23.2 Å². The Labute approximate surface area is 110 Å². The Kier molecular flexibility index (Phi) is 3.72. The summed E-state index contributed by atoms with van der Waals surface area (Å²) in [6.07, 6.45) is 3.26. The maximum atomic E-state index is 11.1. The summed E-state index contributed by atoms with van der Waals surface area (Å²) in [5.74, 6) is 1.66. The predicted molar refractivity (Wildman–Crippen MR) is 70.0 cm³/mol. The minimum atomic E-state index is -0.497. The van der Waals surface area contributed by atoms with E-state index in [2.05, 4.69) is 20.8 Å². The third kappa shape index (κ3) is 2.29. The van der Waals surface area contributed by atoms with Crippen LogP contribution >= 0.6 is 0 Å². The maximum absolute atomic E-state index is 11.1. The number of aliphatic hydroxyl groups is 1. The standard InChI is InChI=1S/C15H26O3/c1-9-5-6-12-7-14(18-11(3)16)13(17)8-15(12,4)10(9)2/h9-10,12-14,17H,5-8H2,1-4H3. The Morgan fingerprint density at radius 1 is 1.33 bits per heavy atom. The van der Waals surface area contributed by atoms with E-state index in [9.17, 15) is 9.90 Å². The molecule has 0 aliphatic heterocycles. The number of hydrogen-bond donors (Lipinski definition) is 1. The maximum Gasteiger partial charge on any atom is 0.302 e. The smallest absolute Gasteiger partial charge is 0.302 e. The van der Waals surface area contributed by atoms with Crippen molar-refractivity contribution in [3.8, 4) is 0 Å². The van der Waals surface area contributed by atoms with E-state index in [1.54, 1.807) is 0 Å².